The summed E-state index contributed by atoms with van der Waals surface area (Å²) in [5.41, 5.74) is 6.47. The number of nitrogen functional groups attached to an aromatic ring is 1. The number of nitrogens with one attached hydrogen (secondary N) is 2. The summed E-state index contributed by atoms with van der Waals surface area (Å²) in [6.45, 7) is 6.99. The lowest BCUT2D eigenvalue weighted by atomic mass is 9.88. The van der Waals surface area contributed by atoms with Gasteiger partial charge in [-0.05, 0) is 25.1 Å². The van der Waals surface area contributed by atoms with Crippen molar-refractivity contribution >= 4 is 36.9 Å². The van der Waals surface area contributed by atoms with Gasteiger partial charge in [0.1, 0.15) is 19.8 Å². The molecule has 3 heterocycles. The number of piperazine rings is 1. The van der Waals surface area contributed by atoms with Gasteiger partial charge in [-0.1, -0.05) is 37.0 Å². The van der Waals surface area contributed by atoms with Gasteiger partial charge in [0.05, 0.1) is 23.4 Å². The van der Waals surface area contributed by atoms with Crippen molar-refractivity contribution in [3.8, 4) is 16.9 Å². The molecule has 12 heteroatoms. The van der Waals surface area contributed by atoms with Crippen LogP contribution in [0.5, 0.6) is 5.75 Å². The Hall–Kier alpha value is -2.37. The highest BCUT2D eigenvalue weighted by Gasteiger charge is 2.27. The zero-order valence-corrected chi connectivity index (χ0v) is 21.2. The van der Waals surface area contributed by atoms with Gasteiger partial charge in [-0.2, -0.15) is 5.10 Å². The smallest absolute Gasteiger partial charge is 0.166 e. The number of benzene rings is 1. The molecule has 186 valence electrons. The molecular formula is C23H28BCl2FN6O2. The van der Waals surface area contributed by atoms with Gasteiger partial charge in [0.2, 0.25) is 0 Å². The summed E-state index contributed by atoms with van der Waals surface area (Å²) >= 11 is 12.3. The summed E-state index contributed by atoms with van der Waals surface area (Å²) in [5.74, 6) is -0.101. The quantitative estimate of drug-likeness (QED) is 0.291. The van der Waals surface area contributed by atoms with Crippen molar-refractivity contribution in [2.24, 2.45) is 0 Å². The number of β-amino-alcohol motifs (C(OH)–C–C–N with tert-alkyl or cyclic N) is 1. The number of aromatic nitrogens is 3. The molecule has 2 aromatic heterocycles. The molecule has 1 aromatic carbocycles. The van der Waals surface area contributed by atoms with Crippen LogP contribution in [0.4, 0.5) is 10.2 Å². The predicted molar refractivity (Wildman–Crippen MR) is 137 cm³/mol. The second-order valence-corrected chi connectivity index (χ2v) is 8.74. The van der Waals surface area contributed by atoms with E-state index in [1.54, 1.807) is 30.1 Å². The summed E-state index contributed by atoms with van der Waals surface area (Å²) in [6, 6.07) is 4.40. The SMILES string of the molecule is CC.[B]C1(O)CNC(Cn2cc(-c3cnc(N)c(OC(C)c4c(Cl)ccc(F)c4Cl)c3)cn2)CN1. The fourth-order valence-electron chi connectivity index (χ4n) is 3.57. The number of nitrogens with two attached hydrogens (primary N) is 1. The molecule has 8 nitrogen and oxygen atoms in total. The fraction of sp³-hybridized carbons (Fsp3) is 0.391. The average molecular weight is 521 g/mol. The van der Waals surface area contributed by atoms with Crippen LogP contribution in [-0.4, -0.2) is 52.5 Å². The van der Waals surface area contributed by atoms with Gasteiger partial charge in [0.25, 0.3) is 0 Å². The van der Waals surface area contributed by atoms with Gasteiger partial charge in [0.15, 0.2) is 11.6 Å². The highest BCUT2D eigenvalue weighted by Crippen LogP contribution is 2.36. The number of anilines is 1. The van der Waals surface area contributed by atoms with E-state index in [0.717, 1.165) is 11.1 Å². The first-order valence-electron chi connectivity index (χ1n) is 11.2. The lowest BCUT2D eigenvalue weighted by Gasteiger charge is -2.36. The fourth-order valence-corrected chi connectivity index (χ4v) is 4.25. The summed E-state index contributed by atoms with van der Waals surface area (Å²) in [6.07, 6.45) is 4.52. The minimum atomic E-state index is -1.41. The van der Waals surface area contributed by atoms with Gasteiger partial charge in [-0.3, -0.25) is 10.00 Å². The molecule has 1 aliphatic rings. The molecule has 2 radical (unpaired) electrons. The Kier molecular flexibility index (Phi) is 9.01. The van der Waals surface area contributed by atoms with E-state index in [0.29, 0.717) is 24.4 Å². The number of aliphatic hydroxyl groups is 1. The van der Waals surface area contributed by atoms with Crippen molar-refractivity contribution in [1.29, 1.82) is 0 Å². The van der Waals surface area contributed by atoms with Gasteiger partial charge < -0.3 is 20.9 Å². The number of ether oxygens (including phenoxy) is 1. The number of pyridine rings is 1. The average Bonchev–Trinajstić information content (AvgIpc) is 3.29. The standard InChI is InChI=1S/C21H22BCl2FN6O2.C2H6/c1-11(18-15(23)2-3-16(25)19(18)24)33-17-4-12(5-27-20(17)26)13-6-30-31(8-13)9-14-7-29-21(22,32)10-28-14;1-2/h2-6,8,11,14,28-29,32H,7,9-10H2,1H3,(H2,26,27);1-2H3. The van der Waals surface area contributed by atoms with Gasteiger partial charge in [0, 0.05) is 53.2 Å². The third-order valence-corrected chi connectivity index (χ3v) is 6.07. The molecule has 3 atom stereocenters. The Morgan fingerprint density at radius 1 is 1.34 bits per heavy atom. The first-order chi connectivity index (χ1) is 16.6. The van der Waals surface area contributed by atoms with Crippen molar-refractivity contribution in [1.82, 2.24) is 25.4 Å². The van der Waals surface area contributed by atoms with Crippen molar-refractivity contribution < 1.29 is 14.2 Å². The molecule has 3 aromatic rings. The molecule has 1 aliphatic heterocycles. The van der Waals surface area contributed by atoms with Crippen LogP contribution in [-0.2, 0) is 6.54 Å². The maximum Gasteiger partial charge on any atom is 0.166 e. The third kappa shape index (κ3) is 6.65. The molecular weight excluding hydrogens is 493 g/mol. The summed E-state index contributed by atoms with van der Waals surface area (Å²) in [4.78, 5) is 4.22. The van der Waals surface area contributed by atoms with E-state index in [-0.39, 0.29) is 28.4 Å². The van der Waals surface area contributed by atoms with E-state index < -0.39 is 17.5 Å². The molecule has 5 N–H and O–H groups in total. The lowest BCUT2D eigenvalue weighted by molar-refractivity contribution is 0.0598. The molecule has 1 saturated heterocycles. The van der Waals surface area contributed by atoms with Crippen LogP contribution in [0.25, 0.3) is 11.1 Å². The first-order valence-corrected chi connectivity index (χ1v) is 12.0. The second-order valence-electron chi connectivity index (χ2n) is 7.96. The van der Waals surface area contributed by atoms with Gasteiger partial charge >= 0.3 is 0 Å². The number of nitrogens with zero attached hydrogens (tertiary/aromatic N) is 3. The van der Waals surface area contributed by atoms with Crippen LogP contribution in [0, 0.1) is 5.82 Å². The molecule has 0 bridgehead atoms. The maximum absolute atomic E-state index is 13.9. The molecule has 3 unspecified atom stereocenters. The maximum atomic E-state index is 13.9. The second kappa shape index (κ2) is 11.6. The summed E-state index contributed by atoms with van der Waals surface area (Å²) < 4.78 is 21.6. The highest BCUT2D eigenvalue weighted by atomic mass is 35.5. The Morgan fingerprint density at radius 3 is 2.77 bits per heavy atom. The van der Waals surface area contributed by atoms with Crippen LogP contribution in [0.15, 0.2) is 36.8 Å². The topological polar surface area (TPSA) is 110 Å². The monoisotopic (exact) mass is 520 g/mol. The van der Waals surface area contributed by atoms with E-state index in [9.17, 15) is 9.50 Å². The zero-order valence-electron chi connectivity index (χ0n) is 19.7. The van der Waals surface area contributed by atoms with Crippen molar-refractivity contribution in [2.75, 3.05) is 18.8 Å². The van der Waals surface area contributed by atoms with E-state index in [2.05, 4.69) is 20.7 Å². The van der Waals surface area contributed by atoms with Crippen LogP contribution in [0.3, 0.4) is 0 Å². The van der Waals surface area contributed by atoms with E-state index in [4.69, 9.17) is 41.5 Å². The Morgan fingerprint density at radius 2 is 2.09 bits per heavy atom. The van der Waals surface area contributed by atoms with E-state index in [1.165, 1.54) is 12.1 Å². The van der Waals surface area contributed by atoms with Crippen molar-refractivity contribution in [3.05, 3.63) is 58.2 Å². The zero-order chi connectivity index (χ0) is 25.8. The van der Waals surface area contributed by atoms with Gasteiger partial charge in [-0.15, -0.1) is 0 Å². The Bertz CT molecular complexity index is 1150. The molecule has 1 fully saturated rings. The van der Waals surface area contributed by atoms with Crippen LogP contribution in [0.2, 0.25) is 10.0 Å². The lowest BCUT2D eigenvalue weighted by Crippen LogP contribution is -2.64. The normalized spacial score (nSPS) is 20.6. The first kappa shape index (κ1) is 27.2. The summed E-state index contributed by atoms with van der Waals surface area (Å²) in [5, 5.41) is 20.4. The molecule has 4 rings (SSSR count). The largest absolute Gasteiger partial charge is 0.482 e. The number of hydrogen-bond acceptors (Lipinski definition) is 7. The van der Waals surface area contributed by atoms with Crippen LogP contribution >= 0.6 is 23.2 Å². The minimum absolute atomic E-state index is 0.0478. The van der Waals surface area contributed by atoms with Crippen molar-refractivity contribution in [3.63, 3.8) is 0 Å². The number of hydrogen-bond donors (Lipinski definition) is 4. The van der Waals surface area contributed by atoms with E-state index >= 15 is 0 Å². The Balaban J connectivity index is 0.00000167. The van der Waals surface area contributed by atoms with Crippen molar-refractivity contribution in [2.45, 2.75) is 45.1 Å². The third-order valence-electron chi connectivity index (χ3n) is 5.36. The molecule has 35 heavy (non-hydrogen) atoms. The van der Waals surface area contributed by atoms with E-state index in [1.807, 2.05) is 20.0 Å². The molecule has 0 amide bonds. The molecule has 0 saturated carbocycles. The number of rotatable bonds is 6. The predicted octanol–water partition coefficient (Wildman–Crippen LogP) is 3.52. The van der Waals surface area contributed by atoms with Gasteiger partial charge in [-0.25, -0.2) is 9.37 Å². The molecule has 0 aliphatic carbocycles. The Labute approximate surface area is 215 Å². The minimum Gasteiger partial charge on any atom is -0.482 e. The van der Waals surface area contributed by atoms with Crippen LogP contribution in [0.1, 0.15) is 32.4 Å². The highest BCUT2D eigenvalue weighted by molar-refractivity contribution is 6.36. The van der Waals surface area contributed by atoms with Crippen LogP contribution < -0.4 is 21.1 Å². The molecule has 0 spiro atoms. The number of halogens is 3. The summed E-state index contributed by atoms with van der Waals surface area (Å²) in [7, 11) is 5.63.